The number of pyridine rings is 1. The van der Waals surface area contributed by atoms with Gasteiger partial charge in [-0.25, -0.2) is 0 Å². The van der Waals surface area contributed by atoms with E-state index in [9.17, 15) is 19.5 Å². The standard InChI is InChI=1S/C34H32ClN3O4/c1-33(42)15-20-13-27-30(34(27,16-20)19-33)37-32(41)22-9-7-21(8-10-22)31(40)36-17-23-18-38(25-5-3-2-4-6-25)28-14-24(35)11-12-26(28)29(23)39/h2-12,14,18,20,27,30,42H,13,15-17,19H2,1H3,(H,36,40)(H,37,41). The second-order valence-electron chi connectivity index (χ2n) is 12.6. The minimum atomic E-state index is -0.651. The third-order valence-corrected chi connectivity index (χ3v) is 9.79. The summed E-state index contributed by atoms with van der Waals surface area (Å²) in [6, 6.07) is 21.5. The highest BCUT2D eigenvalue weighted by atomic mass is 35.5. The number of carbonyl (C=O) groups excluding carboxylic acids is 2. The van der Waals surface area contributed by atoms with Crippen LogP contribution in [0.25, 0.3) is 16.6 Å². The Hall–Kier alpha value is -3.94. The second kappa shape index (κ2) is 9.82. The Balaban J connectivity index is 1.04. The van der Waals surface area contributed by atoms with Gasteiger partial charge in [0.05, 0.1) is 11.1 Å². The largest absolute Gasteiger partial charge is 0.390 e. The summed E-state index contributed by atoms with van der Waals surface area (Å²) in [6.07, 6.45) is 5.49. The minimum Gasteiger partial charge on any atom is -0.390 e. The lowest BCUT2D eigenvalue weighted by molar-refractivity contribution is -0.0193. The van der Waals surface area contributed by atoms with E-state index in [4.69, 9.17) is 11.6 Å². The quantitative estimate of drug-likeness (QED) is 0.290. The second-order valence-corrected chi connectivity index (χ2v) is 13.0. The van der Waals surface area contributed by atoms with Crippen LogP contribution < -0.4 is 16.1 Å². The van der Waals surface area contributed by atoms with Gasteiger partial charge in [0.15, 0.2) is 5.43 Å². The average Bonchev–Trinajstić information content (AvgIpc) is 3.37. The number of aliphatic hydroxyl groups is 1. The van der Waals surface area contributed by atoms with Gasteiger partial charge in [0, 0.05) is 51.6 Å². The smallest absolute Gasteiger partial charge is 0.251 e. The number of halogens is 1. The number of hydrogen-bond acceptors (Lipinski definition) is 4. The van der Waals surface area contributed by atoms with Crippen molar-refractivity contribution in [2.45, 2.75) is 50.8 Å². The van der Waals surface area contributed by atoms with E-state index >= 15 is 0 Å². The third-order valence-electron chi connectivity index (χ3n) is 9.56. The van der Waals surface area contributed by atoms with E-state index in [1.165, 1.54) is 0 Å². The van der Waals surface area contributed by atoms with Crippen molar-refractivity contribution in [3.05, 3.63) is 111 Å². The van der Waals surface area contributed by atoms with Gasteiger partial charge in [-0.05, 0) is 104 Å². The molecular formula is C34H32ClN3O4. The van der Waals surface area contributed by atoms with Crippen molar-refractivity contribution in [2.75, 3.05) is 0 Å². The molecule has 1 aromatic heterocycles. The molecule has 3 aliphatic rings. The molecule has 0 radical (unpaired) electrons. The monoisotopic (exact) mass is 581 g/mol. The summed E-state index contributed by atoms with van der Waals surface area (Å²) in [5, 5.41) is 17.8. The van der Waals surface area contributed by atoms with Crippen LogP contribution in [0.1, 0.15) is 58.9 Å². The molecule has 3 aromatic carbocycles. The summed E-state index contributed by atoms with van der Waals surface area (Å²) in [4.78, 5) is 39.3. The first-order valence-corrected chi connectivity index (χ1v) is 14.8. The van der Waals surface area contributed by atoms with Crippen LogP contribution in [0.3, 0.4) is 0 Å². The van der Waals surface area contributed by atoms with E-state index in [0.29, 0.717) is 44.5 Å². The Morgan fingerprint density at radius 3 is 2.45 bits per heavy atom. The molecule has 7 nitrogen and oxygen atoms in total. The highest BCUT2D eigenvalue weighted by Gasteiger charge is 2.72. The SMILES string of the molecule is CC1(O)CC2CC3C(NC(=O)c4ccc(C(=O)NCc5cn(-c6ccccc6)c6cc(Cl)ccc6c5=O)cc4)C3(C2)C1. The maximum Gasteiger partial charge on any atom is 0.251 e. The molecule has 4 aromatic rings. The van der Waals surface area contributed by atoms with E-state index in [0.717, 1.165) is 31.4 Å². The molecule has 214 valence electrons. The molecule has 3 saturated carbocycles. The van der Waals surface area contributed by atoms with Crippen LogP contribution in [0.2, 0.25) is 5.02 Å². The summed E-state index contributed by atoms with van der Waals surface area (Å²) in [5.74, 6) is 0.508. The molecule has 0 saturated heterocycles. The minimum absolute atomic E-state index is 0.0377. The third kappa shape index (κ3) is 4.61. The highest BCUT2D eigenvalue weighted by Crippen LogP contribution is 2.72. The number of nitrogens with one attached hydrogen (secondary N) is 2. The van der Waals surface area contributed by atoms with Crippen LogP contribution in [0, 0.1) is 17.3 Å². The maximum atomic E-state index is 13.3. The van der Waals surface area contributed by atoms with Crippen molar-refractivity contribution in [3.63, 3.8) is 0 Å². The Labute approximate surface area is 248 Å². The molecule has 3 N–H and O–H groups in total. The first-order chi connectivity index (χ1) is 20.1. The molecular weight excluding hydrogens is 550 g/mol. The maximum absolute atomic E-state index is 13.3. The van der Waals surface area contributed by atoms with Crippen molar-refractivity contribution >= 4 is 34.3 Å². The number of rotatable bonds is 6. The Morgan fingerprint density at radius 2 is 1.71 bits per heavy atom. The first-order valence-electron chi connectivity index (χ1n) is 14.4. The van der Waals surface area contributed by atoms with Gasteiger partial charge in [-0.1, -0.05) is 29.8 Å². The summed E-state index contributed by atoms with van der Waals surface area (Å²) >= 11 is 6.25. The fourth-order valence-corrected chi connectivity index (χ4v) is 8.05. The Morgan fingerprint density at radius 1 is 1.00 bits per heavy atom. The van der Waals surface area contributed by atoms with Gasteiger partial charge < -0.3 is 20.3 Å². The first kappa shape index (κ1) is 26.9. The molecule has 1 spiro atoms. The van der Waals surface area contributed by atoms with Crippen LogP contribution in [-0.4, -0.2) is 33.1 Å². The van der Waals surface area contributed by atoms with Crippen molar-refractivity contribution in [2.24, 2.45) is 17.3 Å². The predicted octanol–water partition coefficient (Wildman–Crippen LogP) is 5.24. The fourth-order valence-electron chi connectivity index (χ4n) is 7.88. The van der Waals surface area contributed by atoms with Crippen LogP contribution in [0.5, 0.6) is 0 Å². The molecule has 7 rings (SSSR count). The lowest BCUT2D eigenvalue weighted by Crippen LogP contribution is -2.40. The molecule has 42 heavy (non-hydrogen) atoms. The molecule has 8 heteroatoms. The molecule has 2 amide bonds. The van der Waals surface area contributed by atoms with Gasteiger partial charge in [0.1, 0.15) is 0 Å². The number of para-hydroxylation sites is 1. The normalized spacial score (nSPS) is 27.4. The van der Waals surface area contributed by atoms with E-state index in [1.807, 2.05) is 41.8 Å². The zero-order valence-electron chi connectivity index (χ0n) is 23.3. The van der Waals surface area contributed by atoms with E-state index in [2.05, 4.69) is 10.6 Å². The molecule has 1 heterocycles. The van der Waals surface area contributed by atoms with Gasteiger partial charge in [0.25, 0.3) is 11.8 Å². The zero-order valence-corrected chi connectivity index (χ0v) is 24.0. The van der Waals surface area contributed by atoms with Crippen molar-refractivity contribution < 1.29 is 14.7 Å². The average molecular weight is 582 g/mol. The van der Waals surface area contributed by atoms with E-state index < -0.39 is 5.60 Å². The number of fused-ring (bicyclic) bond motifs is 2. The Kier molecular flexibility index (Phi) is 6.29. The van der Waals surface area contributed by atoms with Gasteiger partial charge in [-0.15, -0.1) is 0 Å². The Bertz CT molecular complexity index is 1780. The van der Waals surface area contributed by atoms with Gasteiger partial charge in [0.2, 0.25) is 0 Å². The molecule has 3 aliphatic carbocycles. The zero-order chi connectivity index (χ0) is 29.2. The number of hydrogen-bond donors (Lipinski definition) is 3. The predicted molar refractivity (Wildman–Crippen MR) is 162 cm³/mol. The van der Waals surface area contributed by atoms with Crippen molar-refractivity contribution in [1.82, 2.24) is 15.2 Å². The number of nitrogens with zero attached hydrogens (tertiary/aromatic N) is 1. The van der Waals surface area contributed by atoms with Crippen LogP contribution in [-0.2, 0) is 6.54 Å². The molecule has 3 fully saturated rings. The van der Waals surface area contributed by atoms with E-state index in [-0.39, 0.29) is 35.2 Å². The van der Waals surface area contributed by atoms with E-state index in [1.54, 1.807) is 48.7 Å². The van der Waals surface area contributed by atoms with Crippen molar-refractivity contribution in [3.8, 4) is 5.69 Å². The summed E-state index contributed by atoms with van der Waals surface area (Å²) in [5.41, 5.74) is 2.10. The number of carbonyl (C=O) groups is 2. The van der Waals surface area contributed by atoms with Gasteiger partial charge >= 0.3 is 0 Å². The van der Waals surface area contributed by atoms with Crippen LogP contribution in [0.15, 0.2) is 83.8 Å². The molecule has 5 atom stereocenters. The molecule has 5 unspecified atom stereocenters. The lowest BCUT2D eigenvalue weighted by atomic mass is 9.74. The number of benzene rings is 3. The fraction of sp³-hybridized carbons (Fsp3) is 0.324. The summed E-state index contributed by atoms with van der Waals surface area (Å²) in [6.45, 7) is 1.96. The van der Waals surface area contributed by atoms with Gasteiger partial charge in [-0.3, -0.25) is 14.4 Å². The topological polar surface area (TPSA) is 100 Å². The van der Waals surface area contributed by atoms with Crippen LogP contribution >= 0.6 is 11.6 Å². The van der Waals surface area contributed by atoms with Crippen molar-refractivity contribution in [1.29, 1.82) is 0 Å². The molecule has 2 bridgehead atoms. The van der Waals surface area contributed by atoms with Crippen LogP contribution in [0.4, 0.5) is 0 Å². The lowest BCUT2D eigenvalue weighted by Gasteiger charge is -2.37. The highest BCUT2D eigenvalue weighted by molar-refractivity contribution is 6.31. The summed E-state index contributed by atoms with van der Waals surface area (Å²) in [7, 11) is 0. The van der Waals surface area contributed by atoms with Gasteiger partial charge in [-0.2, -0.15) is 0 Å². The number of amides is 2. The number of aromatic nitrogens is 1. The molecule has 0 aliphatic heterocycles. The summed E-state index contributed by atoms with van der Waals surface area (Å²) < 4.78 is 1.90.